The number of halogens is 1. The Morgan fingerprint density at radius 1 is 1.03 bits per heavy atom. The molecule has 4 rings (SSSR count). The van der Waals surface area contributed by atoms with Crippen molar-refractivity contribution < 1.29 is 18.5 Å². The van der Waals surface area contributed by atoms with Crippen LogP contribution >= 0.6 is 0 Å². The minimum absolute atomic E-state index is 0.175. The summed E-state index contributed by atoms with van der Waals surface area (Å²) < 4.78 is 21.6. The fraction of sp³-hybridized carbons (Fsp3) is 0.393. The standard InChI is InChI=1S/C26H29BFN3O2.C2H6/c1-19-25(28)17-31(18-30-11-13-33-14-12-30)26(29-19)22-7-3-20(4-8-22)15-24(32)16-21-5-9-23(27-2)10-6-21;1-2/h3-10,17H,11-16,18H2,1-2H3;1-2H3/q+1;. The molecular formula is C28H35BFN3O2+. The Morgan fingerprint density at radius 2 is 1.60 bits per heavy atom. The van der Waals surface area contributed by atoms with Gasteiger partial charge in [-0.1, -0.05) is 62.5 Å². The van der Waals surface area contributed by atoms with Crippen molar-refractivity contribution in [1.29, 1.82) is 0 Å². The van der Waals surface area contributed by atoms with Crippen LogP contribution in [-0.4, -0.2) is 49.2 Å². The van der Waals surface area contributed by atoms with Gasteiger partial charge in [-0.2, -0.15) is 4.39 Å². The van der Waals surface area contributed by atoms with Crippen molar-refractivity contribution >= 4 is 18.5 Å². The average Bonchev–Trinajstić information content (AvgIpc) is 2.89. The summed E-state index contributed by atoms with van der Waals surface area (Å²) in [4.78, 5) is 19.3. The maximum atomic E-state index is 14.3. The summed E-state index contributed by atoms with van der Waals surface area (Å²) in [7, 11) is 2.04. The highest BCUT2D eigenvalue weighted by atomic mass is 19.1. The molecule has 183 valence electrons. The van der Waals surface area contributed by atoms with Crippen molar-refractivity contribution in [1.82, 2.24) is 9.88 Å². The molecule has 0 saturated carbocycles. The number of aromatic nitrogens is 2. The summed E-state index contributed by atoms with van der Waals surface area (Å²) in [6.45, 7) is 11.2. The molecule has 7 heteroatoms. The minimum Gasteiger partial charge on any atom is -0.379 e. The van der Waals surface area contributed by atoms with E-state index in [-0.39, 0.29) is 11.6 Å². The molecular weight excluding hydrogens is 440 g/mol. The first kappa shape index (κ1) is 26.7. The lowest BCUT2D eigenvalue weighted by Crippen LogP contribution is -2.50. The molecule has 0 atom stereocenters. The molecule has 1 aliphatic rings. The fourth-order valence-corrected chi connectivity index (χ4v) is 3.98. The van der Waals surface area contributed by atoms with Crippen molar-refractivity contribution in [2.24, 2.45) is 0 Å². The zero-order valence-electron chi connectivity index (χ0n) is 21.3. The first-order chi connectivity index (χ1) is 17.0. The lowest BCUT2D eigenvalue weighted by Gasteiger charge is -2.25. The van der Waals surface area contributed by atoms with E-state index in [0.29, 0.717) is 44.2 Å². The zero-order valence-corrected chi connectivity index (χ0v) is 21.3. The molecule has 1 saturated heterocycles. The number of ether oxygens (including phenoxy) is 1. The third-order valence-corrected chi connectivity index (χ3v) is 5.94. The smallest absolute Gasteiger partial charge is 0.331 e. The molecule has 5 nitrogen and oxygen atoms in total. The van der Waals surface area contributed by atoms with Crippen molar-refractivity contribution in [3.05, 3.63) is 77.4 Å². The van der Waals surface area contributed by atoms with Crippen LogP contribution in [-0.2, 0) is 29.0 Å². The Bertz CT molecular complexity index is 1100. The second-order valence-corrected chi connectivity index (χ2v) is 8.46. The number of aryl methyl sites for hydroxylation is 1. The number of Topliss-reactive ketones (excluding diaryl/α,β-unsaturated/α-hetero) is 1. The van der Waals surface area contributed by atoms with Crippen LogP contribution < -0.4 is 10.0 Å². The normalized spacial score (nSPS) is 13.6. The van der Waals surface area contributed by atoms with Crippen molar-refractivity contribution in [2.45, 2.75) is 47.1 Å². The number of carbonyl (C=O) groups is 1. The Hall–Kier alpha value is -2.90. The third-order valence-electron chi connectivity index (χ3n) is 5.94. The molecule has 1 fully saturated rings. The molecule has 0 N–H and O–H groups in total. The van der Waals surface area contributed by atoms with Gasteiger partial charge in [-0.3, -0.25) is 9.69 Å². The van der Waals surface area contributed by atoms with E-state index in [4.69, 9.17) is 4.74 Å². The average molecular weight is 475 g/mol. The molecule has 0 bridgehead atoms. The summed E-state index contributed by atoms with van der Waals surface area (Å²) in [5.41, 5.74) is 4.40. The predicted molar refractivity (Wildman–Crippen MR) is 138 cm³/mol. The van der Waals surface area contributed by atoms with Crippen LogP contribution in [0.25, 0.3) is 11.4 Å². The Labute approximate surface area is 209 Å². The van der Waals surface area contributed by atoms with Gasteiger partial charge >= 0.3 is 5.82 Å². The van der Waals surface area contributed by atoms with Gasteiger partial charge in [0.2, 0.25) is 5.82 Å². The number of ketones is 1. The van der Waals surface area contributed by atoms with E-state index in [0.717, 1.165) is 35.2 Å². The minimum atomic E-state index is -0.320. The molecule has 0 amide bonds. The summed E-state index contributed by atoms with van der Waals surface area (Å²) in [6, 6.07) is 15.9. The van der Waals surface area contributed by atoms with Gasteiger partial charge in [0.05, 0.1) is 18.8 Å². The number of hydrogen-bond acceptors (Lipinski definition) is 4. The lowest BCUT2D eigenvalue weighted by molar-refractivity contribution is -0.709. The molecule has 1 radical (unpaired) electrons. The number of nitrogens with zero attached hydrogens (tertiary/aromatic N) is 3. The first-order valence-electron chi connectivity index (χ1n) is 12.4. The molecule has 0 spiro atoms. The van der Waals surface area contributed by atoms with Crippen LogP contribution in [0.3, 0.4) is 0 Å². The number of hydrogen-bond donors (Lipinski definition) is 0. The highest BCUT2D eigenvalue weighted by molar-refractivity contribution is 6.51. The van der Waals surface area contributed by atoms with Gasteiger partial charge in [0.25, 0.3) is 0 Å². The Kier molecular flexibility index (Phi) is 10.1. The molecule has 0 unspecified atom stereocenters. The molecule has 1 aromatic heterocycles. The topological polar surface area (TPSA) is 46.3 Å². The van der Waals surface area contributed by atoms with Crippen LogP contribution in [0.2, 0.25) is 6.82 Å². The number of carbonyl (C=O) groups excluding carboxylic acids is 1. The van der Waals surface area contributed by atoms with Crippen LogP contribution in [0.5, 0.6) is 0 Å². The second-order valence-electron chi connectivity index (χ2n) is 8.46. The molecule has 1 aliphatic heterocycles. The summed E-state index contributed by atoms with van der Waals surface area (Å²) in [6.07, 6.45) is 2.32. The summed E-state index contributed by atoms with van der Waals surface area (Å²) in [5, 5.41) is 0. The van der Waals surface area contributed by atoms with Gasteiger partial charge in [-0.05, 0) is 28.2 Å². The van der Waals surface area contributed by atoms with E-state index >= 15 is 0 Å². The van der Waals surface area contributed by atoms with Gasteiger partial charge in [0.15, 0.2) is 5.69 Å². The molecule has 3 aromatic rings. The quantitative estimate of drug-likeness (QED) is 0.370. The second kappa shape index (κ2) is 13.3. The molecule has 0 aliphatic carbocycles. The van der Waals surface area contributed by atoms with Gasteiger partial charge in [0.1, 0.15) is 25.9 Å². The predicted octanol–water partition coefficient (Wildman–Crippen LogP) is 3.53. The third kappa shape index (κ3) is 7.54. The van der Waals surface area contributed by atoms with Gasteiger partial charge < -0.3 is 4.74 Å². The van der Waals surface area contributed by atoms with E-state index in [1.54, 1.807) is 6.92 Å². The highest BCUT2D eigenvalue weighted by Gasteiger charge is 2.22. The highest BCUT2D eigenvalue weighted by Crippen LogP contribution is 2.17. The molecule has 35 heavy (non-hydrogen) atoms. The molecule has 2 heterocycles. The monoisotopic (exact) mass is 475 g/mol. The lowest BCUT2D eigenvalue weighted by atomic mass is 9.73. The Balaban J connectivity index is 0.00000167. The summed E-state index contributed by atoms with van der Waals surface area (Å²) in [5.74, 6) is 0.569. The first-order valence-corrected chi connectivity index (χ1v) is 12.4. The largest absolute Gasteiger partial charge is 0.379 e. The van der Waals surface area contributed by atoms with Gasteiger partial charge in [0, 0.05) is 32.9 Å². The van der Waals surface area contributed by atoms with E-state index in [1.807, 2.05) is 81.0 Å². The maximum absolute atomic E-state index is 14.3. The van der Waals surface area contributed by atoms with Crippen molar-refractivity contribution in [3.8, 4) is 11.4 Å². The van der Waals surface area contributed by atoms with Crippen molar-refractivity contribution in [2.75, 3.05) is 26.3 Å². The van der Waals surface area contributed by atoms with Crippen molar-refractivity contribution in [3.63, 3.8) is 0 Å². The van der Waals surface area contributed by atoms with Crippen LogP contribution in [0.4, 0.5) is 4.39 Å². The maximum Gasteiger partial charge on any atom is 0.331 e. The fourth-order valence-electron chi connectivity index (χ4n) is 3.98. The van der Waals surface area contributed by atoms with E-state index in [2.05, 4.69) is 9.88 Å². The van der Waals surface area contributed by atoms with E-state index in [1.165, 1.54) is 6.20 Å². The number of benzene rings is 2. The summed E-state index contributed by atoms with van der Waals surface area (Å²) >= 11 is 0. The van der Waals surface area contributed by atoms with Gasteiger partial charge in [-0.25, -0.2) is 4.57 Å². The number of rotatable bonds is 8. The van der Waals surface area contributed by atoms with Crippen LogP contribution in [0, 0.1) is 12.7 Å². The SMILES string of the molecule is CC.C[B]c1ccc(CC(=O)Cc2ccc(-c3nc(C)c(F)c[n+]3CN3CCOCC3)cc2)cc1. The number of morpholine rings is 1. The van der Waals surface area contributed by atoms with E-state index in [9.17, 15) is 9.18 Å². The van der Waals surface area contributed by atoms with Crippen LogP contribution in [0.15, 0.2) is 54.7 Å². The van der Waals surface area contributed by atoms with Crippen LogP contribution in [0.1, 0.15) is 30.7 Å². The van der Waals surface area contributed by atoms with Gasteiger partial charge in [-0.15, -0.1) is 0 Å². The Morgan fingerprint density at radius 3 is 2.17 bits per heavy atom. The zero-order chi connectivity index (χ0) is 25.2. The molecule has 2 aromatic carbocycles. The van der Waals surface area contributed by atoms with E-state index < -0.39 is 0 Å².